The number of aromatic nitrogens is 2. The van der Waals surface area contributed by atoms with E-state index in [1.165, 1.54) is 7.05 Å². The zero-order valence-electron chi connectivity index (χ0n) is 15.5. The van der Waals surface area contributed by atoms with Crippen molar-refractivity contribution in [3.05, 3.63) is 71.4 Å². The molecule has 1 amide bonds. The van der Waals surface area contributed by atoms with E-state index in [9.17, 15) is 9.59 Å². The molecule has 0 spiro atoms. The van der Waals surface area contributed by atoms with Crippen molar-refractivity contribution in [2.75, 3.05) is 13.7 Å². The van der Waals surface area contributed by atoms with Gasteiger partial charge in [-0.1, -0.05) is 42.0 Å². The van der Waals surface area contributed by atoms with E-state index >= 15 is 0 Å². The Morgan fingerprint density at radius 2 is 1.85 bits per heavy atom. The van der Waals surface area contributed by atoms with Gasteiger partial charge in [0.25, 0.3) is 5.91 Å². The summed E-state index contributed by atoms with van der Waals surface area (Å²) < 4.78 is 6.80. The van der Waals surface area contributed by atoms with E-state index in [0.29, 0.717) is 11.3 Å². The fourth-order valence-corrected chi connectivity index (χ4v) is 2.80. The van der Waals surface area contributed by atoms with Crippen LogP contribution in [0, 0.1) is 13.8 Å². The minimum absolute atomic E-state index is 0.315. The second-order valence-electron chi connectivity index (χ2n) is 6.24. The molecule has 0 fully saturated rings. The number of hydrogen-bond acceptors (Lipinski definition) is 4. The highest BCUT2D eigenvalue weighted by molar-refractivity contribution is 5.97. The Balaban J connectivity index is 2.05. The number of hydrogen-bond donors (Lipinski definition) is 1. The van der Waals surface area contributed by atoms with E-state index in [-0.39, 0.29) is 12.5 Å². The van der Waals surface area contributed by atoms with Crippen LogP contribution in [0.25, 0.3) is 16.9 Å². The Labute approximate surface area is 157 Å². The number of carbonyl (C=O) groups is 2. The van der Waals surface area contributed by atoms with Crippen molar-refractivity contribution in [3.8, 4) is 16.9 Å². The molecule has 0 aliphatic heterocycles. The van der Waals surface area contributed by atoms with Gasteiger partial charge in [0.15, 0.2) is 6.61 Å². The minimum Gasteiger partial charge on any atom is -0.452 e. The third-order valence-corrected chi connectivity index (χ3v) is 4.21. The van der Waals surface area contributed by atoms with Crippen molar-refractivity contribution >= 4 is 11.9 Å². The van der Waals surface area contributed by atoms with Gasteiger partial charge in [-0.2, -0.15) is 5.10 Å². The van der Waals surface area contributed by atoms with Crippen LogP contribution in [0.2, 0.25) is 0 Å². The molecule has 6 heteroatoms. The van der Waals surface area contributed by atoms with E-state index < -0.39 is 5.97 Å². The fourth-order valence-electron chi connectivity index (χ4n) is 2.80. The molecule has 1 aromatic heterocycles. The van der Waals surface area contributed by atoms with Crippen LogP contribution < -0.4 is 5.32 Å². The zero-order chi connectivity index (χ0) is 19.4. The topological polar surface area (TPSA) is 73.2 Å². The maximum atomic E-state index is 12.6. The lowest BCUT2D eigenvalue weighted by molar-refractivity contribution is -0.123. The van der Waals surface area contributed by atoms with Crippen LogP contribution in [-0.2, 0) is 9.53 Å². The summed E-state index contributed by atoms with van der Waals surface area (Å²) in [5, 5.41) is 7.05. The molecule has 2 aromatic carbocycles. The summed E-state index contributed by atoms with van der Waals surface area (Å²) in [5.41, 5.74) is 4.65. The second-order valence-corrected chi connectivity index (χ2v) is 6.24. The highest BCUT2D eigenvalue weighted by atomic mass is 16.5. The molecule has 0 bridgehead atoms. The molecule has 1 N–H and O–H groups in total. The second kappa shape index (κ2) is 7.86. The molecule has 0 saturated heterocycles. The summed E-state index contributed by atoms with van der Waals surface area (Å²) in [6.07, 6.45) is 1.64. The molecule has 27 heavy (non-hydrogen) atoms. The number of esters is 1. The largest absolute Gasteiger partial charge is 0.452 e. The van der Waals surface area contributed by atoms with Crippen molar-refractivity contribution in [3.63, 3.8) is 0 Å². The lowest BCUT2D eigenvalue weighted by Crippen LogP contribution is -2.25. The maximum absolute atomic E-state index is 12.6. The summed E-state index contributed by atoms with van der Waals surface area (Å²) in [4.78, 5) is 24.0. The molecule has 0 radical (unpaired) electrons. The molecule has 0 aliphatic rings. The van der Waals surface area contributed by atoms with Crippen LogP contribution >= 0.6 is 0 Å². The summed E-state index contributed by atoms with van der Waals surface area (Å²) in [5.74, 6) is -0.956. The quantitative estimate of drug-likeness (QED) is 0.707. The van der Waals surface area contributed by atoms with Gasteiger partial charge in [-0.15, -0.1) is 0 Å². The molecule has 138 valence electrons. The molecule has 1 heterocycles. The summed E-state index contributed by atoms with van der Waals surface area (Å²) in [7, 11) is 1.49. The number of benzene rings is 2. The molecular formula is C21H21N3O3. The van der Waals surface area contributed by atoms with Crippen LogP contribution in [0.3, 0.4) is 0 Å². The number of aryl methyl sites for hydroxylation is 2. The van der Waals surface area contributed by atoms with Gasteiger partial charge in [-0.3, -0.25) is 4.79 Å². The Bertz CT molecular complexity index is 978. The highest BCUT2D eigenvalue weighted by Gasteiger charge is 2.21. The van der Waals surface area contributed by atoms with Gasteiger partial charge in [0.05, 0.1) is 5.69 Å². The predicted octanol–water partition coefficient (Wildman–Crippen LogP) is 3.06. The number of ether oxygens (including phenoxy) is 1. The van der Waals surface area contributed by atoms with Crippen LogP contribution in [0.4, 0.5) is 0 Å². The molecule has 0 unspecified atom stereocenters. The monoisotopic (exact) mass is 363 g/mol. The van der Waals surface area contributed by atoms with Crippen molar-refractivity contribution in [1.29, 1.82) is 0 Å². The molecule has 0 aliphatic carbocycles. The average Bonchev–Trinajstić information content (AvgIpc) is 3.11. The Hall–Kier alpha value is -3.41. The van der Waals surface area contributed by atoms with Gasteiger partial charge in [0.1, 0.15) is 11.3 Å². The Kier molecular flexibility index (Phi) is 5.35. The maximum Gasteiger partial charge on any atom is 0.342 e. The fraction of sp³-hybridized carbons (Fsp3) is 0.190. The van der Waals surface area contributed by atoms with Gasteiger partial charge in [-0.05, 0) is 31.5 Å². The lowest BCUT2D eigenvalue weighted by atomic mass is 10.0. The smallest absolute Gasteiger partial charge is 0.342 e. The SMILES string of the molecule is CNC(=O)COC(=O)c1cn(-c2ccccc2)nc1-c1ccc(C)cc1C. The first-order valence-electron chi connectivity index (χ1n) is 8.60. The number of rotatable bonds is 5. The number of para-hydroxylation sites is 1. The lowest BCUT2D eigenvalue weighted by Gasteiger charge is -2.07. The van der Waals surface area contributed by atoms with Crippen LogP contribution in [0.5, 0.6) is 0 Å². The van der Waals surface area contributed by atoms with Gasteiger partial charge < -0.3 is 10.1 Å². The number of nitrogens with one attached hydrogen (secondary N) is 1. The molecule has 3 rings (SSSR count). The molecule has 3 aromatic rings. The molecule has 0 atom stereocenters. The van der Waals surface area contributed by atoms with Crippen molar-refractivity contribution in [2.45, 2.75) is 13.8 Å². The van der Waals surface area contributed by atoms with Gasteiger partial charge in [-0.25, -0.2) is 9.48 Å². The van der Waals surface area contributed by atoms with Gasteiger partial charge in [0.2, 0.25) is 0 Å². The molecule has 6 nitrogen and oxygen atoms in total. The third kappa shape index (κ3) is 4.06. The van der Waals surface area contributed by atoms with E-state index in [1.54, 1.807) is 10.9 Å². The van der Waals surface area contributed by atoms with Crippen molar-refractivity contribution < 1.29 is 14.3 Å². The highest BCUT2D eigenvalue weighted by Crippen LogP contribution is 2.28. The van der Waals surface area contributed by atoms with E-state index in [2.05, 4.69) is 10.4 Å². The minimum atomic E-state index is -0.587. The standard InChI is InChI=1S/C21H21N3O3/c1-14-9-10-17(15(2)11-14)20-18(21(26)27-13-19(25)22-3)12-24(23-20)16-7-5-4-6-8-16/h4-12H,13H2,1-3H3,(H,22,25). The normalized spacial score (nSPS) is 10.5. The number of carbonyl (C=O) groups excluding carboxylic acids is 2. The van der Waals surface area contributed by atoms with E-state index in [4.69, 9.17) is 4.74 Å². The Morgan fingerprint density at radius 3 is 2.52 bits per heavy atom. The van der Waals surface area contributed by atoms with Crippen LogP contribution in [-0.4, -0.2) is 35.3 Å². The van der Waals surface area contributed by atoms with E-state index in [0.717, 1.165) is 22.4 Å². The average molecular weight is 363 g/mol. The molecule has 0 saturated carbocycles. The van der Waals surface area contributed by atoms with Crippen LogP contribution in [0.1, 0.15) is 21.5 Å². The van der Waals surface area contributed by atoms with Gasteiger partial charge in [0, 0.05) is 18.8 Å². The Morgan fingerprint density at radius 1 is 1.11 bits per heavy atom. The zero-order valence-corrected chi connectivity index (χ0v) is 15.5. The van der Waals surface area contributed by atoms with Crippen molar-refractivity contribution in [1.82, 2.24) is 15.1 Å². The summed E-state index contributed by atoms with van der Waals surface area (Å²) >= 11 is 0. The first-order valence-corrected chi connectivity index (χ1v) is 8.60. The third-order valence-electron chi connectivity index (χ3n) is 4.21. The summed E-state index contributed by atoms with van der Waals surface area (Å²) in [6, 6.07) is 15.5. The first-order chi connectivity index (χ1) is 13.0. The summed E-state index contributed by atoms with van der Waals surface area (Å²) in [6.45, 7) is 3.65. The number of likely N-dealkylation sites (N-methyl/N-ethyl adjacent to an activating group) is 1. The number of nitrogens with zero attached hydrogens (tertiary/aromatic N) is 2. The van der Waals surface area contributed by atoms with E-state index in [1.807, 2.05) is 62.4 Å². The number of amides is 1. The molecular weight excluding hydrogens is 342 g/mol. The predicted molar refractivity (Wildman–Crippen MR) is 103 cm³/mol. The van der Waals surface area contributed by atoms with Crippen molar-refractivity contribution in [2.24, 2.45) is 0 Å². The first kappa shape index (κ1) is 18.4. The van der Waals surface area contributed by atoms with Crippen LogP contribution in [0.15, 0.2) is 54.7 Å². The van der Waals surface area contributed by atoms with Gasteiger partial charge >= 0.3 is 5.97 Å².